The van der Waals surface area contributed by atoms with Gasteiger partial charge in [0, 0.05) is 17.5 Å². The average Bonchev–Trinajstić information content (AvgIpc) is 2.96. The topological polar surface area (TPSA) is 74.2 Å². The third-order valence-electron chi connectivity index (χ3n) is 2.86. The van der Waals surface area contributed by atoms with Crippen molar-refractivity contribution >= 4 is 0 Å². The van der Waals surface area contributed by atoms with Crippen LogP contribution in [0.1, 0.15) is 24.4 Å². The minimum absolute atomic E-state index is 0.0319. The van der Waals surface area contributed by atoms with E-state index >= 15 is 0 Å². The Morgan fingerprint density at radius 2 is 2.35 bits per heavy atom. The maximum absolute atomic E-state index is 5.89. The Morgan fingerprint density at radius 3 is 3.12 bits per heavy atom. The minimum atomic E-state index is -0.0319. The number of hydrogen-bond acceptors (Lipinski definition) is 5. The van der Waals surface area contributed by atoms with E-state index < -0.39 is 0 Å². The number of aryl methyl sites for hydroxylation is 1. The van der Waals surface area contributed by atoms with Crippen LogP contribution in [0.4, 0.5) is 0 Å². The number of hydrogen-bond donors (Lipinski definition) is 1. The molecule has 0 aliphatic carbocycles. The van der Waals surface area contributed by atoms with Crippen LogP contribution in [0.15, 0.2) is 22.7 Å². The van der Waals surface area contributed by atoms with Gasteiger partial charge in [0.2, 0.25) is 11.7 Å². The summed E-state index contributed by atoms with van der Waals surface area (Å²) in [5.74, 6) is 2.05. The van der Waals surface area contributed by atoms with Gasteiger partial charge in [0.1, 0.15) is 12.4 Å². The summed E-state index contributed by atoms with van der Waals surface area (Å²) < 4.78 is 10.6. The van der Waals surface area contributed by atoms with E-state index in [1.54, 1.807) is 0 Å². The number of rotatable bonds is 2. The lowest BCUT2D eigenvalue weighted by molar-refractivity contribution is 0.333. The van der Waals surface area contributed by atoms with E-state index in [2.05, 4.69) is 10.1 Å². The normalized spacial score (nSPS) is 17.9. The molecular formula is C12H13N3O2. The summed E-state index contributed by atoms with van der Waals surface area (Å²) in [5.41, 5.74) is 7.81. The van der Waals surface area contributed by atoms with Gasteiger partial charge < -0.3 is 15.0 Å². The van der Waals surface area contributed by atoms with Crippen molar-refractivity contribution < 1.29 is 9.26 Å². The van der Waals surface area contributed by atoms with Crippen LogP contribution in [0.25, 0.3) is 11.4 Å². The number of ether oxygens (including phenoxy) is 1. The predicted octanol–water partition coefficient (Wildman–Crippen LogP) is 1.69. The highest BCUT2D eigenvalue weighted by Gasteiger charge is 2.21. The lowest BCUT2D eigenvalue weighted by Crippen LogP contribution is -2.10. The first kappa shape index (κ1) is 10.3. The van der Waals surface area contributed by atoms with Gasteiger partial charge in [-0.1, -0.05) is 24.2 Å². The maximum atomic E-state index is 5.89. The Kier molecular flexibility index (Phi) is 2.33. The van der Waals surface area contributed by atoms with Gasteiger partial charge in [0.15, 0.2) is 0 Å². The molecule has 88 valence electrons. The zero-order chi connectivity index (χ0) is 11.8. The molecule has 0 spiro atoms. The average molecular weight is 231 g/mol. The van der Waals surface area contributed by atoms with Crippen molar-refractivity contribution in [1.82, 2.24) is 10.1 Å². The van der Waals surface area contributed by atoms with Gasteiger partial charge in [-0.25, -0.2) is 0 Å². The Bertz CT molecular complexity index is 550. The third-order valence-corrected chi connectivity index (χ3v) is 2.86. The highest BCUT2D eigenvalue weighted by molar-refractivity contribution is 5.60. The van der Waals surface area contributed by atoms with Crippen LogP contribution in [-0.2, 0) is 6.42 Å². The van der Waals surface area contributed by atoms with E-state index in [-0.39, 0.29) is 6.04 Å². The fourth-order valence-electron chi connectivity index (χ4n) is 1.89. The summed E-state index contributed by atoms with van der Waals surface area (Å²) in [4.78, 5) is 4.28. The number of nitrogens with zero attached hydrogens (tertiary/aromatic N) is 2. The summed E-state index contributed by atoms with van der Waals surface area (Å²) in [7, 11) is 0. The van der Waals surface area contributed by atoms with Gasteiger partial charge >= 0.3 is 0 Å². The zero-order valence-electron chi connectivity index (χ0n) is 9.51. The second-order valence-electron chi connectivity index (χ2n) is 4.04. The van der Waals surface area contributed by atoms with Crippen molar-refractivity contribution in [3.8, 4) is 17.1 Å². The third kappa shape index (κ3) is 1.68. The van der Waals surface area contributed by atoms with Gasteiger partial charge in [0.25, 0.3) is 0 Å². The monoisotopic (exact) mass is 231 g/mol. The van der Waals surface area contributed by atoms with Gasteiger partial charge in [-0.3, -0.25) is 0 Å². The molecule has 0 amide bonds. The van der Waals surface area contributed by atoms with Crippen LogP contribution >= 0.6 is 0 Å². The molecule has 2 N–H and O–H groups in total. The molecule has 1 aliphatic heterocycles. The van der Waals surface area contributed by atoms with Crippen molar-refractivity contribution in [2.45, 2.75) is 19.4 Å². The van der Waals surface area contributed by atoms with E-state index in [9.17, 15) is 0 Å². The van der Waals surface area contributed by atoms with Crippen molar-refractivity contribution in [2.75, 3.05) is 6.61 Å². The Balaban J connectivity index is 1.99. The van der Waals surface area contributed by atoms with Crippen LogP contribution in [0.2, 0.25) is 0 Å². The lowest BCUT2D eigenvalue weighted by atomic mass is 10.1. The first-order valence-corrected chi connectivity index (χ1v) is 5.63. The number of benzene rings is 1. The second kappa shape index (κ2) is 3.85. The van der Waals surface area contributed by atoms with Gasteiger partial charge in [-0.2, -0.15) is 4.98 Å². The van der Waals surface area contributed by atoms with Gasteiger partial charge in [-0.15, -0.1) is 0 Å². The van der Waals surface area contributed by atoms with E-state index in [0.717, 1.165) is 23.3 Å². The summed E-state index contributed by atoms with van der Waals surface area (Å²) >= 11 is 0. The standard InChI is InChI=1S/C12H13N3O2/c1-2-11-14-12(15-17-11)7-3-4-8-9(13)6-16-10(8)5-7/h3-5,9H,2,6,13H2,1H3. The van der Waals surface area contributed by atoms with Crippen LogP contribution in [-0.4, -0.2) is 16.7 Å². The maximum Gasteiger partial charge on any atom is 0.226 e. The van der Waals surface area contributed by atoms with Gasteiger partial charge in [0.05, 0.1) is 6.04 Å². The molecule has 5 heteroatoms. The highest BCUT2D eigenvalue weighted by atomic mass is 16.5. The van der Waals surface area contributed by atoms with Crippen molar-refractivity contribution in [3.63, 3.8) is 0 Å². The minimum Gasteiger partial charge on any atom is -0.491 e. The van der Waals surface area contributed by atoms with E-state index in [1.165, 1.54) is 0 Å². The molecule has 0 saturated carbocycles. The zero-order valence-corrected chi connectivity index (χ0v) is 9.51. The molecule has 1 unspecified atom stereocenters. The molecule has 17 heavy (non-hydrogen) atoms. The number of nitrogens with two attached hydrogens (primary N) is 1. The SMILES string of the molecule is CCc1nc(-c2ccc3c(c2)OCC3N)no1. The molecule has 5 nitrogen and oxygen atoms in total. The summed E-state index contributed by atoms with van der Waals surface area (Å²) in [6.07, 6.45) is 0.735. The second-order valence-corrected chi connectivity index (χ2v) is 4.04. The molecule has 1 aliphatic rings. The highest BCUT2D eigenvalue weighted by Crippen LogP contribution is 2.33. The van der Waals surface area contributed by atoms with E-state index in [1.807, 2.05) is 25.1 Å². The first-order valence-electron chi connectivity index (χ1n) is 5.63. The Morgan fingerprint density at radius 1 is 1.47 bits per heavy atom. The number of fused-ring (bicyclic) bond motifs is 1. The molecule has 0 bridgehead atoms. The van der Waals surface area contributed by atoms with Gasteiger partial charge in [-0.05, 0) is 6.07 Å². The molecule has 0 radical (unpaired) electrons. The Hall–Kier alpha value is -1.88. The summed E-state index contributed by atoms with van der Waals surface area (Å²) in [5, 5.41) is 3.93. The van der Waals surface area contributed by atoms with E-state index in [0.29, 0.717) is 18.3 Å². The number of aromatic nitrogens is 2. The van der Waals surface area contributed by atoms with Crippen molar-refractivity contribution in [3.05, 3.63) is 29.7 Å². The van der Waals surface area contributed by atoms with Crippen LogP contribution in [0.5, 0.6) is 5.75 Å². The molecule has 0 fully saturated rings. The fourth-order valence-corrected chi connectivity index (χ4v) is 1.89. The van der Waals surface area contributed by atoms with Crippen molar-refractivity contribution in [2.24, 2.45) is 5.73 Å². The van der Waals surface area contributed by atoms with Crippen molar-refractivity contribution in [1.29, 1.82) is 0 Å². The van der Waals surface area contributed by atoms with Crippen LogP contribution < -0.4 is 10.5 Å². The molecule has 1 aromatic heterocycles. The fraction of sp³-hybridized carbons (Fsp3) is 0.333. The predicted molar refractivity (Wildman–Crippen MR) is 61.5 cm³/mol. The molecular weight excluding hydrogens is 218 g/mol. The summed E-state index contributed by atoms with van der Waals surface area (Å²) in [6, 6.07) is 5.78. The molecule has 0 saturated heterocycles. The molecule has 1 aromatic carbocycles. The quantitative estimate of drug-likeness (QED) is 0.851. The van der Waals surface area contributed by atoms with E-state index in [4.69, 9.17) is 15.0 Å². The first-order chi connectivity index (χ1) is 8.28. The largest absolute Gasteiger partial charge is 0.491 e. The lowest BCUT2D eigenvalue weighted by Gasteiger charge is -2.01. The Labute approximate surface area is 98.6 Å². The van der Waals surface area contributed by atoms with Crippen LogP contribution in [0.3, 0.4) is 0 Å². The van der Waals surface area contributed by atoms with Crippen LogP contribution in [0, 0.1) is 0 Å². The molecule has 1 atom stereocenters. The summed E-state index contributed by atoms with van der Waals surface area (Å²) in [6.45, 7) is 2.51. The molecule has 2 aromatic rings. The molecule has 2 heterocycles. The molecule has 3 rings (SSSR count). The smallest absolute Gasteiger partial charge is 0.226 e.